The van der Waals surface area contributed by atoms with Crippen molar-refractivity contribution in [3.8, 4) is 0 Å². The molecule has 0 aromatic heterocycles. The minimum atomic E-state index is 0.352. The Morgan fingerprint density at radius 2 is 2.21 bits per heavy atom. The number of benzene rings is 1. The highest BCUT2D eigenvalue weighted by atomic mass is 79.9. The van der Waals surface area contributed by atoms with Crippen molar-refractivity contribution in [3.63, 3.8) is 0 Å². The third kappa shape index (κ3) is 2.72. The number of nitrogens with one attached hydrogen (secondary N) is 1. The highest BCUT2D eigenvalue weighted by Crippen LogP contribution is 2.31. The second kappa shape index (κ2) is 5.74. The molecule has 3 heteroatoms. The molecule has 0 aliphatic rings. The minimum absolute atomic E-state index is 0.352. The van der Waals surface area contributed by atoms with Crippen molar-refractivity contribution in [3.05, 3.63) is 33.3 Å². The Labute approximate surface area is 99.0 Å². The molecule has 1 atom stereocenters. The van der Waals surface area contributed by atoms with Crippen molar-refractivity contribution in [2.75, 3.05) is 7.05 Å². The van der Waals surface area contributed by atoms with E-state index < -0.39 is 0 Å². The van der Waals surface area contributed by atoms with Gasteiger partial charge in [-0.1, -0.05) is 37.1 Å². The number of rotatable bonds is 4. The fourth-order valence-electron chi connectivity index (χ4n) is 1.53. The molecule has 1 aromatic carbocycles. The van der Waals surface area contributed by atoms with Crippen molar-refractivity contribution in [1.29, 1.82) is 0 Å². The van der Waals surface area contributed by atoms with Gasteiger partial charge in [-0.15, -0.1) is 0 Å². The zero-order chi connectivity index (χ0) is 10.6. The van der Waals surface area contributed by atoms with E-state index in [9.17, 15) is 0 Å². The quantitative estimate of drug-likeness (QED) is 0.870. The van der Waals surface area contributed by atoms with E-state index in [2.05, 4.69) is 34.2 Å². The van der Waals surface area contributed by atoms with Gasteiger partial charge in [0.1, 0.15) is 0 Å². The van der Waals surface area contributed by atoms with Crippen molar-refractivity contribution >= 4 is 27.5 Å². The molecule has 1 N–H and O–H groups in total. The van der Waals surface area contributed by atoms with Gasteiger partial charge in [0.2, 0.25) is 0 Å². The molecule has 14 heavy (non-hydrogen) atoms. The number of hydrogen-bond acceptors (Lipinski definition) is 1. The highest BCUT2D eigenvalue weighted by Gasteiger charge is 2.12. The maximum absolute atomic E-state index is 6.22. The first kappa shape index (κ1) is 12.0. The molecular formula is C11H15BrClN. The van der Waals surface area contributed by atoms with Crippen LogP contribution in [0.3, 0.4) is 0 Å². The van der Waals surface area contributed by atoms with Crippen LogP contribution in [-0.4, -0.2) is 7.05 Å². The van der Waals surface area contributed by atoms with Crippen LogP contribution in [0.2, 0.25) is 5.02 Å². The largest absolute Gasteiger partial charge is 0.313 e. The summed E-state index contributed by atoms with van der Waals surface area (Å²) in [5.41, 5.74) is 1.17. The Hall–Kier alpha value is -0.0500. The first-order valence-corrected chi connectivity index (χ1v) is 5.99. The third-order valence-electron chi connectivity index (χ3n) is 2.28. The molecule has 0 aliphatic heterocycles. The summed E-state index contributed by atoms with van der Waals surface area (Å²) in [6.45, 7) is 2.18. The van der Waals surface area contributed by atoms with Gasteiger partial charge < -0.3 is 5.32 Å². The summed E-state index contributed by atoms with van der Waals surface area (Å²) in [5, 5.41) is 4.10. The van der Waals surface area contributed by atoms with Crippen LogP contribution in [0.25, 0.3) is 0 Å². The molecule has 0 saturated heterocycles. The van der Waals surface area contributed by atoms with Gasteiger partial charge in [-0.25, -0.2) is 0 Å². The zero-order valence-corrected chi connectivity index (χ0v) is 10.8. The van der Waals surface area contributed by atoms with Crippen LogP contribution in [0.15, 0.2) is 22.7 Å². The van der Waals surface area contributed by atoms with Crippen molar-refractivity contribution in [2.45, 2.75) is 25.8 Å². The average molecular weight is 277 g/mol. The lowest BCUT2D eigenvalue weighted by molar-refractivity contribution is 0.541. The lowest BCUT2D eigenvalue weighted by Gasteiger charge is -2.17. The van der Waals surface area contributed by atoms with Crippen molar-refractivity contribution in [1.82, 2.24) is 5.32 Å². The predicted molar refractivity (Wildman–Crippen MR) is 65.9 cm³/mol. The van der Waals surface area contributed by atoms with E-state index in [-0.39, 0.29) is 0 Å². The number of halogens is 2. The normalized spacial score (nSPS) is 12.9. The Kier molecular flexibility index (Phi) is 4.93. The molecule has 1 unspecified atom stereocenters. The molecule has 78 valence electrons. The molecule has 0 fully saturated rings. The Balaban J connectivity index is 2.97. The van der Waals surface area contributed by atoms with Gasteiger partial charge in [-0.3, -0.25) is 0 Å². The molecular weight excluding hydrogens is 261 g/mol. The Morgan fingerprint density at radius 3 is 2.79 bits per heavy atom. The summed E-state index contributed by atoms with van der Waals surface area (Å²) in [7, 11) is 1.97. The summed E-state index contributed by atoms with van der Waals surface area (Å²) in [6, 6.07) is 6.41. The van der Waals surface area contributed by atoms with Gasteiger partial charge in [-0.2, -0.15) is 0 Å². The van der Waals surface area contributed by atoms with Crippen molar-refractivity contribution < 1.29 is 0 Å². The summed E-state index contributed by atoms with van der Waals surface area (Å²) in [5.74, 6) is 0. The molecule has 1 nitrogen and oxygen atoms in total. The van der Waals surface area contributed by atoms with E-state index in [0.717, 1.165) is 22.3 Å². The van der Waals surface area contributed by atoms with Crippen molar-refractivity contribution in [2.24, 2.45) is 0 Å². The molecule has 1 aromatic rings. The molecule has 1 rings (SSSR count). The van der Waals surface area contributed by atoms with Crippen LogP contribution in [0, 0.1) is 0 Å². The van der Waals surface area contributed by atoms with Crippen LogP contribution in [-0.2, 0) is 0 Å². The van der Waals surface area contributed by atoms with Gasteiger partial charge in [-0.05, 0) is 41.0 Å². The summed E-state index contributed by atoms with van der Waals surface area (Å²) in [6.07, 6.45) is 2.25. The molecule has 0 radical (unpaired) electrons. The van der Waals surface area contributed by atoms with E-state index in [0.29, 0.717) is 6.04 Å². The lowest BCUT2D eigenvalue weighted by atomic mass is 10.0. The second-order valence-electron chi connectivity index (χ2n) is 3.27. The summed E-state index contributed by atoms with van der Waals surface area (Å²) < 4.78 is 0.966. The molecule has 0 bridgehead atoms. The zero-order valence-electron chi connectivity index (χ0n) is 8.48. The molecule has 0 spiro atoms. The molecule has 0 heterocycles. The monoisotopic (exact) mass is 275 g/mol. The SMILES string of the molecule is CCCC(NC)c1cccc(Br)c1Cl. The fourth-order valence-corrected chi connectivity index (χ4v) is 2.17. The van der Waals surface area contributed by atoms with Gasteiger partial charge in [0, 0.05) is 10.5 Å². The minimum Gasteiger partial charge on any atom is -0.313 e. The molecule has 0 aliphatic carbocycles. The Morgan fingerprint density at radius 1 is 1.50 bits per heavy atom. The van der Waals surface area contributed by atoms with E-state index in [1.165, 1.54) is 5.56 Å². The average Bonchev–Trinajstić information content (AvgIpc) is 2.19. The van der Waals surface area contributed by atoms with Gasteiger partial charge in [0.25, 0.3) is 0 Å². The highest BCUT2D eigenvalue weighted by molar-refractivity contribution is 9.10. The summed E-state index contributed by atoms with van der Waals surface area (Å²) >= 11 is 9.65. The first-order chi connectivity index (χ1) is 6.70. The maximum atomic E-state index is 6.22. The van der Waals surface area contributed by atoms with E-state index in [4.69, 9.17) is 11.6 Å². The molecule has 0 saturated carbocycles. The lowest BCUT2D eigenvalue weighted by Crippen LogP contribution is -2.16. The van der Waals surface area contributed by atoms with Crippen LogP contribution in [0.4, 0.5) is 0 Å². The van der Waals surface area contributed by atoms with Crippen LogP contribution in [0.5, 0.6) is 0 Å². The van der Waals surface area contributed by atoms with Crippen LogP contribution < -0.4 is 5.32 Å². The smallest absolute Gasteiger partial charge is 0.0595 e. The van der Waals surface area contributed by atoms with Gasteiger partial charge in [0.15, 0.2) is 0 Å². The topological polar surface area (TPSA) is 12.0 Å². The standard InChI is InChI=1S/C11H15BrClN/c1-3-5-10(14-2)8-6-4-7-9(12)11(8)13/h4,6-7,10,14H,3,5H2,1-2H3. The van der Waals surface area contributed by atoms with Crippen LogP contribution in [0.1, 0.15) is 31.4 Å². The van der Waals surface area contributed by atoms with E-state index >= 15 is 0 Å². The van der Waals surface area contributed by atoms with E-state index in [1.807, 2.05) is 19.2 Å². The van der Waals surface area contributed by atoms with E-state index in [1.54, 1.807) is 0 Å². The summed E-state index contributed by atoms with van der Waals surface area (Å²) in [4.78, 5) is 0. The number of hydrogen-bond donors (Lipinski definition) is 1. The first-order valence-electron chi connectivity index (χ1n) is 4.81. The maximum Gasteiger partial charge on any atom is 0.0595 e. The van der Waals surface area contributed by atoms with Gasteiger partial charge >= 0.3 is 0 Å². The predicted octanol–water partition coefficient (Wildman–Crippen LogP) is 4.16. The van der Waals surface area contributed by atoms with Crippen LogP contribution >= 0.6 is 27.5 Å². The molecule has 0 amide bonds. The second-order valence-corrected chi connectivity index (χ2v) is 4.51. The Bertz CT molecular complexity index is 301. The van der Waals surface area contributed by atoms with Gasteiger partial charge in [0.05, 0.1) is 5.02 Å². The fraction of sp³-hybridized carbons (Fsp3) is 0.455. The third-order valence-corrected chi connectivity index (χ3v) is 3.59.